The van der Waals surface area contributed by atoms with E-state index < -0.39 is 23.4 Å². The van der Waals surface area contributed by atoms with Crippen molar-refractivity contribution in [3.8, 4) is 0 Å². The zero-order chi connectivity index (χ0) is 24.0. The van der Waals surface area contributed by atoms with Crippen molar-refractivity contribution in [2.45, 2.75) is 50.3 Å². The highest BCUT2D eigenvalue weighted by molar-refractivity contribution is 5.98. The minimum Gasteiger partial charge on any atom is -0.383 e. The van der Waals surface area contributed by atoms with Crippen molar-refractivity contribution in [1.82, 2.24) is 14.9 Å². The summed E-state index contributed by atoms with van der Waals surface area (Å²) in [6, 6.07) is 4.86. The van der Waals surface area contributed by atoms with Crippen LogP contribution in [0.5, 0.6) is 0 Å². The van der Waals surface area contributed by atoms with E-state index in [1.165, 1.54) is 17.0 Å². The van der Waals surface area contributed by atoms with Gasteiger partial charge in [0.15, 0.2) is 0 Å². The number of benzene rings is 1. The third-order valence-electron chi connectivity index (χ3n) is 7.30. The molecule has 178 valence electrons. The van der Waals surface area contributed by atoms with Crippen LogP contribution in [0.25, 0.3) is 11.0 Å². The number of H-pyrrole nitrogens is 1. The summed E-state index contributed by atoms with van der Waals surface area (Å²) < 4.78 is 51.8. The van der Waals surface area contributed by atoms with Crippen LogP contribution in [0.2, 0.25) is 0 Å². The van der Waals surface area contributed by atoms with Crippen LogP contribution in [0.4, 0.5) is 19.0 Å². The number of hydrogen-bond acceptors (Lipinski definition) is 5. The number of rotatable bonds is 2. The normalized spacial score (nSPS) is 22.6. The molecule has 34 heavy (non-hydrogen) atoms. The fraction of sp³-hybridized carbons (Fsp3) is 0.417. The molecule has 2 aliphatic heterocycles. The van der Waals surface area contributed by atoms with E-state index in [0.717, 1.165) is 17.2 Å². The number of nitrogens with one attached hydrogen (secondary N) is 1. The molecular formula is C24H23F3N4O3. The fourth-order valence-electron chi connectivity index (χ4n) is 5.25. The number of pyridine rings is 1. The van der Waals surface area contributed by atoms with E-state index in [9.17, 15) is 18.0 Å². The highest BCUT2D eigenvalue weighted by Crippen LogP contribution is 2.55. The first-order valence-corrected chi connectivity index (χ1v) is 11.1. The standard InChI is InChI=1S/C24H23F3N4O3/c1-11-19-14(9-33-11)20-16(30-21(19)28)8-17(29-20)22(32)31(2)18-10-34-23(5-6-23)15-7-12(24(25,26)27)3-4-13(15)18/h3-4,7-8,11,18,29H,5-6,9-10H2,1-2H3,(H2,28,30)/t11-,18-/m1/s1. The van der Waals surface area contributed by atoms with E-state index in [1.54, 1.807) is 13.1 Å². The SMILES string of the molecule is C[C@H]1OCc2c1c(N)nc1cc(C(=O)N(C)[C@@H]3COC4(CC4)c4cc(C(F)(F)F)ccc43)[nH]c21. The number of fused-ring (bicyclic) bond motifs is 5. The molecule has 0 radical (unpaired) electrons. The number of amides is 1. The van der Waals surface area contributed by atoms with Gasteiger partial charge in [-0.2, -0.15) is 13.2 Å². The average Bonchev–Trinajstić information content (AvgIpc) is 3.26. The zero-order valence-electron chi connectivity index (χ0n) is 18.6. The van der Waals surface area contributed by atoms with Crippen LogP contribution >= 0.6 is 0 Å². The molecule has 0 saturated heterocycles. The Morgan fingerprint density at radius 1 is 1.29 bits per heavy atom. The molecule has 7 nitrogen and oxygen atoms in total. The van der Waals surface area contributed by atoms with E-state index >= 15 is 0 Å². The van der Waals surface area contributed by atoms with E-state index in [0.29, 0.717) is 53.1 Å². The minimum atomic E-state index is -4.44. The molecule has 6 rings (SSSR count). The largest absolute Gasteiger partial charge is 0.416 e. The first-order chi connectivity index (χ1) is 16.1. The number of aromatic amines is 1. The molecule has 2 atom stereocenters. The van der Waals surface area contributed by atoms with Crippen molar-refractivity contribution < 1.29 is 27.4 Å². The molecule has 3 N–H and O–H groups in total. The van der Waals surface area contributed by atoms with Gasteiger partial charge in [0.25, 0.3) is 5.91 Å². The molecule has 1 spiro atoms. The molecule has 1 aromatic carbocycles. The van der Waals surface area contributed by atoms with Gasteiger partial charge < -0.3 is 25.1 Å². The third kappa shape index (κ3) is 3.05. The van der Waals surface area contributed by atoms with E-state index in [-0.39, 0.29) is 18.6 Å². The van der Waals surface area contributed by atoms with Gasteiger partial charge in [0.2, 0.25) is 0 Å². The quantitative estimate of drug-likeness (QED) is 0.569. The van der Waals surface area contributed by atoms with Crippen LogP contribution in [0.15, 0.2) is 24.3 Å². The minimum absolute atomic E-state index is 0.177. The second-order valence-electron chi connectivity index (χ2n) is 9.32. The van der Waals surface area contributed by atoms with E-state index in [4.69, 9.17) is 15.2 Å². The summed E-state index contributed by atoms with van der Waals surface area (Å²) in [6.07, 6.45) is -3.27. The maximum absolute atomic E-state index is 13.4. The van der Waals surface area contributed by atoms with Crippen LogP contribution in [0.1, 0.15) is 70.2 Å². The van der Waals surface area contributed by atoms with Crippen molar-refractivity contribution in [1.29, 1.82) is 0 Å². The van der Waals surface area contributed by atoms with Crippen LogP contribution < -0.4 is 5.73 Å². The number of nitrogens with zero attached hydrogens (tertiary/aromatic N) is 2. The Morgan fingerprint density at radius 2 is 2.06 bits per heavy atom. The van der Waals surface area contributed by atoms with Crippen molar-refractivity contribution in [2.75, 3.05) is 19.4 Å². The van der Waals surface area contributed by atoms with Gasteiger partial charge in [0, 0.05) is 18.2 Å². The molecule has 4 heterocycles. The monoisotopic (exact) mass is 472 g/mol. The second-order valence-corrected chi connectivity index (χ2v) is 9.32. The lowest BCUT2D eigenvalue weighted by Crippen LogP contribution is -2.39. The molecular weight excluding hydrogens is 449 g/mol. The maximum atomic E-state index is 13.4. The Labute approximate surface area is 193 Å². The number of aromatic nitrogens is 2. The lowest BCUT2D eigenvalue weighted by Gasteiger charge is -2.37. The third-order valence-corrected chi connectivity index (χ3v) is 7.30. The zero-order valence-corrected chi connectivity index (χ0v) is 18.6. The molecule has 1 fully saturated rings. The Balaban J connectivity index is 1.36. The number of alkyl halides is 3. The van der Waals surface area contributed by atoms with Gasteiger partial charge >= 0.3 is 6.18 Å². The summed E-state index contributed by atoms with van der Waals surface area (Å²) in [5.41, 5.74) is 9.26. The molecule has 10 heteroatoms. The van der Waals surface area contributed by atoms with Crippen LogP contribution in [-0.2, 0) is 27.9 Å². The van der Waals surface area contributed by atoms with Gasteiger partial charge in [0.1, 0.15) is 11.5 Å². The second kappa shape index (κ2) is 6.96. The lowest BCUT2D eigenvalue weighted by atomic mass is 9.90. The number of ether oxygens (including phenoxy) is 2. The highest BCUT2D eigenvalue weighted by atomic mass is 19.4. The topological polar surface area (TPSA) is 93.5 Å². The lowest BCUT2D eigenvalue weighted by molar-refractivity contribution is -0.137. The number of halogens is 3. The van der Waals surface area contributed by atoms with Gasteiger partial charge in [-0.3, -0.25) is 4.79 Å². The van der Waals surface area contributed by atoms with Crippen molar-refractivity contribution in [3.05, 3.63) is 57.8 Å². The summed E-state index contributed by atoms with van der Waals surface area (Å²) >= 11 is 0. The number of nitrogen functional groups attached to an aromatic ring is 1. The average molecular weight is 472 g/mol. The van der Waals surface area contributed by atoms with Gasteiger partial charge in [-0.25, -0.2) is 4.98 Å². The number of carbonyl (C=O) groups is 1. The number of hydrogen-bond donors (Lipinski definition) is 2. The van der Waals surface area contributed by atoms with Gasteiger partial charge in [-0.1, -0.05) is 6.07 Å². The fourth-order valence-corrected chi connectivity index (χ4v) is 5.25. The number of anilines is 1. The van der Waals surface area contributed by atoms with Crippen molar-refractivity contribution in [2.24, 2.45) is 0 Å². The summed E-state index contributed by atoms with van der Waals surface area (Å²) in [5.74, 6) is 0.0622. The van der Waals surface area contributed by atoms with Crippen LogP contribution in [-0.4, -0.2) is 34.4 Å². The molecule has 1 saturated carbocycles. The maximum Gasteiger partial charge on any atom is 0.416 e. The smallest absolute Gasteiger partial charge is 0.383 e. The van der Waals surface area contributed by atoms with E-state index in [2.05, 4.69) is 9.97 Å². The van der Waals surface area contributed by atoms with Crippen molar-refractivity contribution >= 4 is 22.8 Å². The molecule has 1 amide bonds. The first-order valence-electron chi connectivity index (χ1n) is 11.1. The van der Waals surface area contributed by atoms with Gasteiger partial charge in [-0.15, -0.1) is 0 Å². The summed E-state index contributed by atoms with van der Waals surface area (Å²) in [5, 5.41) is 0. The molecule has 1 aliphatic carbocycles. The number of likely N-dealkylation sites (N-methyl/N-ethyl adjacent to an activating group) is 1. The molecule has 3 aromatic rings. The van der Waals surface area contributed by atoms with Crippen LogP contribution in [0.3, 0.4) is 0 Å². The predicted molar refractivity (Wildman–Crippen MR) is 117 cm³/mol. The van der Waals surface area contributed by atoms with E-state index in [1.807, 2.05) is 6.92 Å². The highest BCUT2D eigenvalue weighted by Gasteiger charge is 2.52. The Morgan fingerprint density at radius 3 is 2.76 bits per heavy atom. The number of carbonyl (C=O) groups excluding carboxylic acids is 1. The molecule has 3 aliphatic rings. The van der Waals surface area contributed by atoms with Crippen LogP contribution in [0, 0.1) is 0 Å². The van der Waals surface area contributed by atoms with Crippen molar-refractivity contribution in [3.63, 3.8) is 0 Å². The molecule has 2 aromatic heterocycles. The molecule has 0 bridgehead atoms. The summed E-state index contributed by atoms with van der Waals surface area (Å²) in [6.45, 7) is 2.49. The summed E-state index contributed by atoms with van der Waals surface area (Å²) in [7, 11) is 1.63. The molecule has 0 unspecified atom stereocenters. The van der Waals surface area contributed by atoms with Gasteiger partial charge in [0.05, 0.1) is 47.6 Å². The Bertz CT molecular complexity index is 1350. The summed E-state index contributed by atoms with van der Waals surface area (Å²) in [4.78, 5) is 22.6. The Hall–Kier alpha value is -3.11. The van der Waals surface area contributed by atoms with Gasteiger partial charge in [-0.05, 0) is 49.1 Å². The first kappa shape index (κ1) is 21.4. The Kier molecular flexibility index (Phi) is 4.38. The predicted octanol–water partition coefficient (Wildman–Crippen LogP) is 4.59. The number of nitrogens with two attached hydrogens (primary N) is 1.